The molecule has 1 aromatic rings. The second kappa shape index (κ2) is 4.60. The van der Waals surface area contributed by atoms with Crippen molar-refractivity contribution in [3.63, 3.8) is 0 Å². The Labute approximate surface area is 91.8 Å². The number of benzene rings is 1. The molecular weight excluding hydrogens is 184 g/mol. The van der Waals surface area contributed by atoms with E-state index in [4.69, 9.17) is 0 Å². The molecule has 0 saturated carbocycles. The Morgan fingerprint density at radius 2 is 1.60 bits per heavy atom. The largest absolute Gasteiger partial charge is 0.290 e. The molecule has 1 heterocycles. The third-order valence-corrected chi connectivity index (χ3v) is 2.60. The molecule has 1 aromatic carbocycles. The molecule has 1 fully saturated rings. The van der Waals surface area contributed by atoms with Crippen molar-refractivity contribution in [2.75, 3.05) is 33.9 Å². The highest BCUT2D eigenvalue weighted by Crippen LogP contribution is 2.12. The van der Waals surface area contributed by atoms with E-state index in [0.717, 1.165) is 19.8 Å². The first-order valence-corrected chi connectivity index (χ1v) is 5.35. The Morgan fingerprint density at radius 1 is 1.00 bits per heavy atom. The van der Waals surface area contributed by atoms with Gasteiger partial charge in [0.2, 0.25) is 0 Å². The normalized spacial score (nSPS) is 19.2. The van der Waals surface area contributed by atoms with E-state index in [1.165, 1.54) is 11.1 Å². The summed E-state index contributed by atoms with van der Waals surface area (Å²) in [6, 6.07) is 10.5. The molecule has 0 atom stereocenters. The number of hydrogen-bond acceptors (Lipinski definition) is 2. The number of nitrogens with zero attached hydrogens (tertiary/aromatic N) is 2. The van der Waals surface area contributed by atoms with Crippen LogP contribution < -0.4 is 0 Å². The van der Waals surface area contributed by atoms with E-state index >= 15 is 0 Å². The van der Waals surface area contributed by atoms with Gasteiger partial charge < -0.3 is 0 Å². The molecule has 0 bridgehead atoms. The van der Waals surface area contributed by atoms with Crippen LogP contribution in [0, 0.1) is 0 Å². The topological polar surface area (TPSA) is 6.48 Å². The number of rotatable bonds is 1. The minimum absolute atomic E-state index is 1.06. The number of hydrogen-bond donors (Lipinski definition) is 0. The molecule has 15 heavy (non-hydrogen) atoms. The molecule has 0 spiro atoms. The van der Waals surface area contributed by atoms with Crippen LogP contribution in [-0.4, -0.2) is 43.7 Å². The minimum atomic E-state index is 1.06. The van der Waals surface area contributed by atoms with Gasteiger partial charge in [-0.1, -0.05) is 36.4 Å². The summed E-state index contributed by atoms with van der Waals surface area (Å²) in [5, 5.41) is 0. The quantitative estimate of drug-likeness (QED) is 0.686. The SMILES string of the molecule is CN1CC(=Cc2ccccc2)CN(C)C1. The molecule has 0 unspecified atom stereocenters. The second-order valence-electron chi connectivity index (χ2n) is 4.38. The lowest BCUT2D eigenvalue weighted by molar-refractivity contribution is 0.170. The fourth-order valence-electron chi connectivity index (χ4n) is 2.13. The molecule has 0 radical (unpaired) electrons. The van der Waals surface area contributed by atoms with E-state index in [0.29, 0.717) is 0 Å². The lowest BCUT2D eigenvalue weighted by Gasteiger charge is -2.32. The van der Waals surface area contributed by atoms with Gasteiger partial charge in [0.15, 0.2) is 0 Å². The lowest BCUT2D eigenvalue weighted by atomic mass is 10.1. The lowest BCUT2D eigenvalue weighted by Crippen LogP contribution is -2.41. The number of likely N-dealkylation sites (N-methyl/N-ethyl adjacent to an activating group) is 2. The predicted octanol–water partition coefficient (Wildman–Crippen LogP) is 1.90. The maximum atomic E-state index is 2.33. The zero-order valence-corrected chi connectivity index (χ0v) is 9.48. The van der Waals surface area contributed by atoms with Crippen molar-refractivity contribution in [1.82, 2.24) is 9.80 Å². The van der Waals surface area contributed by atoms with Crippen LogP contribution >= 0.6 is 0 Å². The van der Waals surface area contributed by atoms with Crippen LogP contribution in [0.1, 0.15) is 5.56 Å². The summed E-state index contributed by atoms with van der Waals surface area (Å²) in [5.41, 5.74) is 2.79. The van der Waals surface area contributed by atoms with Crippen LogP contribution in [0.3, 0.4) is 0 Å². The van der Waals surface area contributed by atoms with E-state index in [1.807, 2.05) is 0 Å². The molecule has 0 aliphatic carbocycles. The fraction of sp³-hybridized carbons (Fsp3) is 0.385. The molecule has 80 valence electrons. The van der Waals surface area contributed by atoms with Crippen LogP contribution in [0.5, 0.6) is 0 Å². The van der Waals surface area contributed by atoms with Gasteiger partial charge in [-0.25, -0.2) is 0 Å². The van der Waals surface area contributed by atoms with E-state index in [1.54, 1.807) is 0 Å². The van der Waals surface area contributed by atoms with Gasteiger partial charge in [0.1, 0.15) is 0 Å². The van der Waals surface area contributed by atoms with E-state index in [-0.39, 0.29) is 0 Å². The monoisotopic (exact) mass is 202 g/mol. The van der Waals surface area contributed by atoms with Gasteiger partial charge >= 0.3 is 0 Å². The van der Waals surface area contributed by atoms with Crippen molar-refractivity contribution in [2.45, 2.75) is 0 Å². The van der Waals surface area contributed by atoms with Gasteiger partial charge in [-0.2, -0.15) is 0 Å². The molecular formula is C13H18N2. The molecule has 1 aliphatic heterocycles. The zero-order chi connectivity index (χ0) is 10.7. The van der Waals surface area contributed by atoms with Crippen LogP contribution in [0.15, 0.2) is 35.9 Å². The highest BCUT2D eigenvalue weighted by Gasteiger charge is 2.14. The van der Waals surface area contributed by atoms with Crippen LogP contribution in [0.4, 0.5) is 0 Å². The van der Waals surface area contributed by atoms with Crippen LogP contribution in [0.25, 0.3) is 6.08 Å². The average molecular weight is 202 g/mol. The minimum Gasteiger partial charge on any atom is -0.290 e. The van der Waals surface area contributed by atoms with Crippen LogP contribution in [-0.2, 0) is 0 Å². The first-order valence-electron chi connectivity index (χ1n) is 5.35. The van der Waals surface area contributed by atoms with Crippen molar-refractivity contribution < 1.29 is 0 Å². The summed E-state index contributed by atoms with van der Waals surface area (Å²) < 4.78 is 0. The Bertz CT molecular complexity index is 331. The Morgan fingerprint density at radius 3 is 2.20 bits per heavy atom. The highest BCUT2D eigenvalue weighted by atomic mass is 15.3. The van der Waals surface area contributed by atoms with Crippen molar-refractivity contribution in [3.8, 4) is 0 Å². The van der Waals surface area contributed by atoms with Gasteiger partial charge in [-0.3, -0.25) is 9.80 Å². The maximum Gasteiger partial charge on any atom is 0.0506 e. The smallest absolute Gasteiger partial charge is 0.0506 e. The molecule has 2 heteroatoms. The molecule has 1 saturated heterocycles. The molecule has 0 N–H and O–H groups in total. The zero-order valence-electron chi connectivity index (χ0n) is 9.48. The molecule has 2 rings (SSSR count). The van der Waals surface area contributed by atoms with Crippen molar-refractivity contribution in [1.29, 1.82) is 0 Å². The van der Waals surface area contributed by atoms with E-state index in [2.05, 4.69) is 60.3 Å². The highest BCUT2D eigenvalue weighted by molar-refractivity contribution is 5.53. The average Bonchev–Trinajstić information content (AvgIpc) is 2.17. The summed E-state index contributed by atoms with van der Waals surface area (Å²) in [7, 11) is 4.32. The third kappa shape index (κ3) is 2.91. The standard InChI is InChI=1S/C13H18N2/c1-14-9-13(10-15(2)11-14)8-12-6-4-3-5-7-12/h3-8H,9-11H2,1-2H3. The van der Waals surface area contributed by atoms with Gasteiger partial charge in [0.25, 0.3) is 0 Å². The Kier molecular flexibility index (Phi) is 3.19. The molecule has 0 aromatic heterocycles. The summed E-state index contributed by atoms with van der Waals surface area (Å²) in [5.74, 6) is 0. The van der Waals surface area contributed by atoms with Gasteiger partial charge in [0.05, 0.1) is 6.67 Å². The third-order valence-electron chi connectivity index (χ3n) is 2.60. The van der Waals surface area contributed by atoms with E-state index < -0.39 is 0 Å². The first kappa shape index (κ1) is 10.4. The van der Waals surface area contributed by atoms with Crippen LogP contribution in [0.2, 0.25) is 0 Å². The van der Waals surface area contributed by atoms with E-state index in [9.17, 15) is 0 Å². The second-order valence-corrected chi connectivity index (χ2v) is 4.38. The summed E-state index contributed by atoms with van der Waals surface area (Å²) in [6.07, 6.45) is 2.30. The summed E-state index contributed by atoms with van der Waals surface area (Å²) in [6.45, 7) is 3.23. The van der Waals surface area contributed by atoms with Crippen molar-refractivity contribution in [2.24, 2.45) is 0 Å². The summed E-state index contributed by atoms with van der Waals surface area (Å²) >= 11 is 0. The summed E-state index contributed by atoms with van der Waals surface area (Å²) in [4.78, 5) is 4.66. The molecule has 0 amide bonds. The Balaban J connectivity index is 2.13. The molecule has 1 aliphatic rings. The maximum absolute atomic E-state index is 2.33. The first-order chi connectivity index (χ1) is 7.24. The fourth-order valence-corrected chi connectivity index (χ4v) is 2.13. The van der Waals surface area contributed by atoms with Gasteiger partial charge in [0, 0.05) is 13.1 Å². The predicted molar refractivity (Wildman–Crippen MR) is 64.5 cm³/mol. The Hall–Kier alpha value is -1.12. The molecule has 2 nitrogen and oxygen atoms in total. The van der Waals surface area contributed by atoms with Crippen molar-refractivity contribution in [3.05, 3.63) is 41.5 Å². The van der Waals surface area contributed by atoms with Crippen molar-refractivity contribution >= 4 is 6.08 Å². The van der Waals surface area contributed by atoms with Gasteiger partial charge in [-0.05, 0) is 25.2 Å². The van der Waals surface area contributed by atoms with Gasteiger partial charge in [-0.15, -0.1) is 0 Å².